The van der Waals surface area contributed by atoms with Gasteiger partial charge in [-0.15, -0.1) is 0 Å². The van der Waals surface area contributed by atoms with E-state index >= 15 is 0 Å². The van der Waals surface area contributed by atoms with E-state index in [1.54, 1.807) is 12.1 Å². The fourth-order valence-corrected chi connectivity index (χ4v) is 3.78. The smallest absolute Gasteiger partial charge is 0.258 e. The van der Waals surface area contributed by atoms with Crippen LogP contribution in [0.2, 0.25) is 0 Å². The number of hydrogen-bond acceptors (Lipinski definition) is 2. The molecule has 3 aromatic rings. The van der Waals surface area contributed by atoms with Crippen LogP contribution in [0.15, 0.2) is 78.9 Å². The SMILES string of the molecule is O=[N+]([O-])c1ccc(C2CC(c3ccccc3)c3ccccc32)cc1. The molecule has 4 rings (SSSR count). The summed E-state index contributed by atoms with van der Waals surface area (Å²) < 4.78 is 0. The molecule has 118 valence electrons. The van der Waals surface area contributed by atoms with Gasteiger partial charge in [0.15, 0.2) is 0 Å². The monoisotopic (exact) mass is 315 g/mol. The van der Waals surface area contributed by atoms with Gasteiger partial charge in [-0.1, -0.05) is 66.7 Å². The number of nitro benzene ring substituents is 1. The standard InChI is InChI=1S/C21H17NO2/c23-22(24)17-12-10-16(11-13-17)21-14-20(15-6-2-1-3-7-15)18-8-4-5-9-19(18)21/h1-13,20-21H,14H2. The zero-order valence-electron chi connectivity index (χ0n) is 13.1. The van der Waals surface area contributed by atoms with Crippen LogP contribution in [-0.2, 0) is 0 Å². The highest BCUT2D eigenvalue weighted by molar-refractivity contribution is 5.50. The average Bonchev–Trinajstić information content (AvgIpc) is 3.02. The third-order valence-electron chi connectivity index (χ3n) is 4.93. The van der Waals surface area contributed by atoms with Crippen LogP contribution in [-0.4, -0.2) is 4.92 Å². The molecule has 0 saturated carbocycles. The van der Waals surface area contributed by atoms with Gasteiger partial charge in [-0.25, -0.2) is 0 Å². The minimum absolute atomic E-state index is 0.143. The first-order valence-corrected chi connectivity index (χ1v) is 8.12. The summed E-state index contributed by atoms with van der Waals surface area (Å²) in [6.07, 6.45) is 1.00. The molecule has 0 heterocycles. The molecular weight excluding hydrogens is 298 g/mol. The summed E-state index contributed by atoms with van der Waals surface area (Å²) in [5.74, 6) is 0.662. The van der Waals surface area contributed by atoms with Crippen molar-refractivity contribution >= 4 is 5.69 Å². The van der Waals surface area contributed by atoms with E-state index in [9.17, 15) is 10.1 Å². The third-order valence-corrected chi connectivity index (χ3v) is 4.93. The van der Waals surface area contributed by atoms with E-state index in [1.165, 1.54) is 16.7 Å². The molecule has 0 saturated heterocycles. The fourth-order valence-electron chi connectivity index (χ4n) is 3.78. The minimum atomic E-state index is -0.348. The van der Waals surface area contributed by atoms with Crippen LogP contribution in [0.4, 0.5) is 5.69 Å². The highest BCUT2D eigenvalue weighted by Gasteiger charge is 2.32. The summed E-state index contributed by atoms with van der Waals surface area (Å²) in [5.41, 5.74) is 5.32. The topological polar surface area (TPSA) is 43.1 Å². The Hall–Kier alpha value is -2.94. The van der Waals surface area contributed by atoms with Gasteiger partial charge in [0.25, 0.3) is 5.69 Å². The van der Waals surface area contributed by atoms with E-state index in [-0.39, 0.29) is 16.5 Å². The molecule has 1 aliphatic carbocycles. The van der Waals surface area contributed by atoms with Crippen LogP contribution in [0.3, 0.4) is 0 Å². The van der Waals surface area contributed by atoms with Crippen LogP contribution in [0, 0.1) is 10.1 Å². The molecule has 0 N–H and O–H groups in total. The molecule has 2 atom stereocenters. The second-order valence-electron chi connectivity index (χ2n) is 6.23. The first-order valence-electron chi connectivity index (χ1n) is 8.12. The molecular formula is C21H17NO2. The van der Waals surface area contributed by atoms with Crippen molar-refractivity contribution in [2.75, 3.05) is 0 Å². The molecule has 0 aromatic heterocycles. The summed E-state index contributed by atoms with van der Waals surface area (Å²) in [6.45, 7) is 0. The summed E-state index contributed by atoms with van der Waals surface area (Å²) in [4.78, 5) is 10.5. The molecule has 0 bridgehead atoms. The van der Waals surface area contributed by atoms with Gasteiger partial charge in [0, 0.05) is 24.0 Å². The Labute approximate surface area is 140 Å². The lowest BCUT2D eigenvalue weighted by Crippen LogP contribution is -1.98. The van der Waals surface area contributed by atoms with E-state index in [0.29, 0.717) is 5.92 Å². The number of benzene rings is 3. The molecule has 2 unspecified atom stereocenters. The first kappa shape index (κ1) is 14.6. The maximum Gasteiger partial charge on any atom is 0.269 e. The van der Waals surface area contributed by atoms with E-state index in [0.717, 1.165) is 12.0 Å². The Morgan fingerprint density at radius 2 is 1.21 bits per heavy atom. The van der Waals surface area contributed by atoms with Crippen LogP contribution >= 0.6 is 0 Å². The summed E-state index contributed by atoms with van der Waals surface area (Å²) in [7, 11) is 0. The third kappa shape index (κ3) is 2.48. The lowest BCUT2D eigenvalue weighted by Gasteiger charge is -2.13. The van der Waals surface area contributed by atoms with Gasteiger partial charge in [0.1, 0.15) is 0 Å². The Kier molecular flexibility index (Phi) is 3.62. The van der Waals surface area contributed by atoms with Crippen molar-refractivity contribution in [3.8, 4) is 0 Å². The van der Waals surface area contributed by atoms with Crippen molar-refractivity contribution < 1.29 is 4.92 Å². The normalized spacial score (nSPS) is 19.0. The van der Waals surface area contributed by atoms with Gasteiger partial charge >= 0.3 is 0 Å². The van der Waals surface area contributed by atoms with Gasteiger partial charge < -0.3 is 0 Å². The summed E-state index contributed by atoms with van der Waals surface area (Å²) in [6, 6.07) is 26.1. The molecule has 1 aliphatic rings. The number of non-ortho nitro benzene ring substituents is 1. The van der Waals surface area contributed by atoms with Crippen LogP contribution in [0.25, 0.3) is 0 Å². The Bertz CT molecular complexity index is 872. The molecule has 3 nitrogen and oxygen atoms in total. The largest absolute Gasteiger partial charge is 0.269 e. The molecule has 3 heteroatoms. The van der Waals surface area contributed by atoms with Gasteiger partial charge in [-0.3, -0.25) is 10.1 Å². The summed E-state index contributed by atoms with van der Waals surface area (Å²) in [5, 5.41) is 10.9. The Balaban J connectivity index is 1.74. The van der Waals surface area contributed by atoms with Crippen LogP contribution in [0.1, 0.15) is 40.5 Å². The Morgan fingerprint density at radius 1 is 0.708 bits per heavy atom. The van der Waals surface area contributed by atoms with Crippen molar-refractivity contribution in [1.29, 1.82) is 0 Å². The molecule has 0 aliphatic heterocycles. The maximum atomic E-state index is 10.9. The first-order chi connectivity index (χ1) is 11.7. The number of fused-ring (bicyclic) bond motifs is 1. The zero-order chi connectivity index (χ0) is 16.5. The summed E-state index contributed by atoms with van der Waals surface area (Å²) >= 11 is 0. The predicted octanol–water partition coefficient (Wildman–Crippen LogP) is 5.26. The average molecular weight is 315 g/mol. The number of hydrogen-bond donors (Lipinski definition) is 0. The van der Waals surface area contributed by atoms with Crippen LogP contribution < -0.4 is 0 Å². The molecule has 0 radical (unpaired) electrons. The van der Waals surface area contributed by atoms with Crippen LogP contribution in [0.5, 0.6) is 0 Å². The minimum Gasteiger partial charge on any atom is -0.258 e. The van der Waals surface area contributed by atoms with Crippen molar-refractivity contribution in [3.63, 3.8) is 0 Å². The second kappa shape index (κ2) is 5.93. The second-order valence-corrected chi connectivity index (χ2v) is 6.23. The lowest BCUT2D eigenvalue weighted by atomic mass is 9.90. The van der Waals surface area contributed by atoms with Gasteiger partial charge in [0.05, 0.1) is 4.92 Å². The zero-order valence-corrected chi connectivity index (χ0v) is 13.1. The van der Waals surface area contributed by atoms with Crippen molar-refractivity contribution in [3.05, 3.63) is 111 Å². The van der Waals surface area contributed by atoms with Crippen molar-refractivity contribution in [2.24, 2.45) is 0 Å². The molecule has 0 fully saturated rings. The van der Waals surface area contributed by atoms with Crippen molar-refractivity contribution in [1.82, 2.24) is 0 Å². The fraction of sp³-hybridized carbons (Fsp3) is 0.143. The number of nitrogens with zero attached hydrogens (tertiary/aromatic N) is 1. The van der Waals surface area contributed by atoms with E-state index in [1.807, 2.05) is 18.2 Å². The maximum absolute atomic E-state index is 10.9. The molecule has 0 amide bonds. The molecule has 0 spiro atoms. The van der Waals surface area contributed by atoms with Crippen molar-refractivity contribution in [2.45, 2.75) is 18.3 Å². The Morgan fingerprint density at radius 3 is 1.75 bits per heavy atom. The van der Waals surface area contributed by atoms with E-state index in [4.69, 9.17) is 0 Å². The highest BCUT2D eigenvalue weighted by atomic mass is 16.6. The van der Waals surface area contributed by atoms with Gasteiger partial charge in [-0.05, 0) is 28.7 Å². The van der Waals surface area contributed by atoms with Gasteiger partial charge in [0.2, 0.25) is 0 Å². The highest BCUT2D eigenvalue weighted by Crippen LogP contribution is 2.48. The van der Waals surface area contributed by atoms with E-state index < -0.39 is 0 Å². The predicted molar refractivity (Wildman–Crippen MR) is 94.3 cm³/mol. The number of nitro groups is 1. The molecule has 3 aromatic carbocycles. The number of rotatable bonds is 3. The quantitative estimate of drug-likeness (QED) is 0.488. The van der Waals surface area contributed by atoms with E-state index in [2.05, 4.69) is 48.5 Å². The lowest BCUT2D eigenvalue weighted by molar-refractivity contribution is -0.384. The van der Waals surface area contributed by atoms with Gasteiger partial charge in [-0.2, -0.15) is 0 Å². The molecule has 24 heavy (non-hydrogen) atoms.